The zero-order valence-electron chi connectivity index (χ0n) is 22.9. The van der Waals surface area contributed by atoms with Crippen molar-refractivity contribution in [1.82, 2.24) is 19.8 Å². The number of fused-ring (bicyclic) bond motifs is 2. The summed E-state index contributed by atoms with van der Waals surface area (Å²) in [6.07, 6.45) is 4.95. The van der Waals surface area contributed by atoms with Gasteiger partial charge in [-0.1, -0.05) is 6.07 Å². The number of hydrogen-bond acceptors (Lipinski definition) is 8. The van der Waals surface area contributed by atoms with E-state index >= 15 is 0 Å². The lowest BCUT2D eigenvalue weighted by Gasteiger charge is -2.24. The van der Waals surface area contributed by atoms with Gasteiger partial charge in [0.2, 0.25) is 11.9 Å². The number of carbonyl (C=O) groups is 3. The predicted octanol–water partition coefficient (Wildman–Crippen LogP) is 2.56. The fourth-order valence-electron chi connectivity index (χ4n) is 6.09. The van der Waals surface area contributed by atoms with Crippen molar-refractivity contribution in [3.8, 4) is 5.75 Å². The van der Waals surface area contributed by atoms with E-state index in [1.54, 1.807) is 12.1 Å². The van der Waals surface area contributed by atoms with Crippen molar-refractivity contribution in [2.75, 3.05) is 31.1 Å². The Labute approximate surface area is 237 Å². The number of carboxylic acids is 1. The molecule has 214 valence electrons. The lowest BCUT2D eigenvalue weighted by Crippen LogP contribution is -2.45. The number of primary amides is 1. The average Bonchev–Trinajstić information content (AvgIpc) is 3.70. The third-order valence-electron chi connectivity index (χ3n) is 8.20. The van der Waals surface area contributed by atoms with Gasteiger partial charge in [-0.3, -0.25) is 19.3 Å². The van der Waals surface area contributed by atoms with Gasteiger partial charge in [-0.05, 0) is 67.1 Å². The minimum Gasteiger partial charge on any atom is -0.489 e. The number of anilines is 1. The highest BCUT2D eigenvalue weighted by molar-refractivity contribution is 6.01. The highest BCUT2D eigenvalue weighted by Gasteiger charge is 2.36. The zero-order valence-corrected chi connectivity index (χ0v) is 22.9. The summed E-state index contributed by atoms with van der Waals surface area (Å²) in [4.78, 5) is 51.2. The SMILES string of the molecule is NC(=O)[C@H](CCC(=O)O)N1Cc2cc(O[C@H]3CCN(Cc4ccc5nc(N6CCCC6)ncc5c4)C3)ccc2C1=O. The summed E-state index contributed by atoms with van der Waals surface area (Å²) in [7, 11) is 0. The summed E-state index contributed by atoms with van der Waals surface area (Å²) < 4.78 is 6.29. The zero-order chi connectivity index (χ0) is 28.5. The number of likely N-dealkylation sites (tertiary alicyclic amines) is 1. The second-order valence-corrected chi connectivity index (χ2v) is 11.1. The van der Waals surface area contributed by atoms with Gasteiger partial charge in [0.15, 0.2) is 0 Å². The fourth-order valence-corrected chi connectivity index (χ4v) is 6.09. The van der Waals surface area contributed by atoms with Gasteiger partial charge >= 0.3 is 5.97 Å². The van der Waals surface area contributed by atoms with Crippen molar-refractivity contribution in [3.63, 3.8) is 0 Å². The molecule has 41 heavy (non-hydrogen) atoms. The Balaban J connectivity index is 1.06. The molecule has 2 amide bonds. The molecule has 0 bridgehead atoms. The molecule has 4 heterocycles. The second-order valence-electron chi connectivity index (χ2n) is 11.1. The fraction of sp³-hybridized carbons (Fsp3) is 0.433. The standard InChI is InChI=1S/C30H34N6O5/c31-28(39)26(7-8-27(37)38)36-17-21-14-22(4-5-24(21)29(36)40)41-23-9-12-34(18-23)16-19-3-6-25-20(13-19)15-32-30(33-25)35-10-1-2-11-35/h3-6,13-15,23,26H,1-2,7-12,16-18H2,(H2,31,39)(H,37,38)/t23-,26-/m0/s1. The maximum atomic E-state index is 12.9. The van der Waals surface area contributed by atoms with Crippen LogP contribution in [-0.2, 0) is 22.7 Å². The Hall–Kier alpha value is -4.25. The normalized spacial score (nSPS) is 19.6. The maximum Gasteiger partial charge on any atom is 0.303 e. The highest BCUT2D eigenvalue weighted by atomic mass is 16.5. The Morgan fingerprint density at radius 1 is 1.12 bits per heavy atom. The van der Waals surface area contributed by atoms with E-state index in [0.29, 0.717) is 11.3 Å². The lowest BCUT2D eigenvalue weighted by molar-refractivity contribution is -0.137. The molecule has 0 aliphatic carbocycles. The molecule has 0 radical (unpaired) electrons. The molecule has 2 saturated heterocycles. The van der Waals surface area contributed by atoms with Crippen LogP contribution in [-0.4, -0.2) is 81.0 Å². The lowest BCUT2D eigenvalue weighted by atomic mass is 10.1. The van der Waals surface area contributed by atoms with Crippen molar-refractivity contribution >= 4 is 34.6 Å². The molecule has 0 saturated carbocycles. The number of rotatable bonds is 10. The van der Waals surface area contributed by atoms with Crippen LogP contribution in [0.2, 0.25) is 0 Å². The Morgan fingerprint density at radius 2 is 1.95 bits per heavy atom. The monoisotopic (exact) mass is 558 g/mol. The molecule has 11 nitrogen and oxygen atoms in total. The molecule has 6 rings (SSSR count). The molecular weight excluding hydrogens is 524 g/mol. The summed E-state index contributed by atoms with van der Waals surface area (Å²) in [5.41, 5.74) is 8.90. The van der Waals surface area contributed by atoms with Crippen molar-refractivity contribution in [2.45, 2.75) is 57.3 Å². The van der Waals surface area contributed by atoms with Crippen molar-refractivity contribution in [3.05, 3.63) is 59.3 Å². The molecule has 2 atom stereocenters. The third-order valence-corrected chi connectivity index (χ3v) is 8.20. The smallest absolute Gasteiger partial charge is 0.303 e. The van der Waals surface area contributed by atoms with Gasteiger partial charge < -0.3 is 25.4 Å². The largest absolute Gasteiger partial charge is 0.489 e. The van der Waals surface area contributed by atoms with Crippen molar-refractivity contribution < 1.29 is 24.2 Å². The van der Waals surface area contributed by atoms with Gasteiger partial charge in [0.25, 0.3) is 5.91 Å². The number of carboxylic acid groups (broad SMARTS) is 1. The van der Waals surface area contributed by atoms with E-state index in [1.807, 2.05) is 12.3 Å². The van der Waals surface area contributed by atoms with Crippen LogP contribution in [0.25, 0.3) is 10.9 Å². The number of benzene rings is 2. The molecule has 0 spiro atoms. The molecule has 2 fully saturated rings. The van der Waals surface area contributed by atoms with Gasteiger partial charge in [0.1, 0.15) is 17.9 Å². The Bertz CT molecular complexity index is 1490. The Kier molecular flexibility index (Phi) is 7.44. The van der Waals surface area contributed by atoms with E-state index in [2.05, 4.69) is 33.0 Å². The van der Waals surface area contributed by atoms with Crippen LogP contribution in [0.5, 0.6) is 5.75 Å². The quantitative estimate of drug-likeness (QED) is 0.384. The topological polar surface area (TPSA) is 142 Å². The van der Waals surface area contributed by atoms with Gasteiger partial charge in [0.05, 0.1) is 5.52 Å². The van der Waals surface area contributed by atoms with E-state index in [4.69, 9.17) is 20.6 Å². The number of nitrogens with zero attached hydrogens (tertiary/aromatic N) is 5. The molecular formula is C30H34N6O5. The number of ether oxygens (including phenoxy) is 1. The molecule has 3 aliphatic heterocycles. The van der Waals surface area contributed by atoms with Gasteiger partial charge in [-0.15, -0.1) is 0 Å². The van der Waals surface area contributed by atoms with E-state index in [-0.39, 0.29) is 31.4 Å². The third kappa shape index (κ3) is 5.81. The van der Waals surface area contributed by atoms with E-state index in [1.165, 1.54) is 23.3 Å². The van der Waals surface area contributed by atoms with Crippen LogP contribution in [0.4, 0.5) is 5.95 Å². The second kappa shape index (κ2) is 11.3. The summed E-state index contributed by atoms with van der Waals surface area (Å²) >= 11 is 0. The molecule has 1 aromatic heterocycles. The van der Waals surface area contributed by atoms with Crippen molar-refractivity contribution in [2.24, 2.45) is 5.73 Å². The molecule has 3 aliphatic rings. The van der Waals surface area contributed by atoms with Crippen LogP contribution in [0.15, 0.2) is 42.6 Å². The number of nitrogens with two attached hydrogens (primary N) is 1. The molecule has 3 aromatic rings. The minimum atomic E-state index is -1.04. The first-order valence-corrected chi connectivity index (χ1v) is 14.2. The van der Waals surface area contributed by atoms with Crippen molar-refractivity contribution in [1.29, 1.82) is 0 Å². The predicted molar refractivity (Wildman–Crippen MR) is 151 cm³/mol. The van der Waals surface area contributed by atoms with Gasteiger partial charge in [-0.2, -0.15) is 0 Å². The summed E-state index contributed by atoms with van der Waals surface area (Å²) in [5, 5.41) is 10.0. The number of aliphatic carboxylic acids is 1. The summed E-state index contributed by atoms with van der Waals surface area (Å²) in [6, 6.07) is 10.7. The molecule has 11 heteroatoms. The van der Waals surface area contributed by atoms with E-state index < -0.39 is 17.9 Å². The number of hydrogen-bond donors (Lipinski definition) is 2. The summed E-state index contributed by atoms with van der Waals surface area (Å²) in [6.45, 7) is 4.74. The van der Waals surface area contributed by atoms with Gasteiger partial charge in [0, 0.05) is 62.8 Å². The molecule has 2 aromatic carbocycles. The van der Waals surface area contributed by atoms with Crippen LogP contribution in [0.1, 0.15) is 53.6 Å². The first kappa shape index (κ1) is 26.9. The van der Waals surface area contributed by atoms with E-state index in [9.17, 15) is 14.4 Å². The van der Waals surface area contributed by atoms with Crippen LogP contribution in [0, 0.1) is 0 Å². The first-order chi connectivity index (χ1) is 19.8. The minimum absolute atomic E-state index is 0.0157. The molecule has 0 unspecified atom stereocenters. The maximum absolute atomic E-state index is 12.9. The number of carbonyl (C=O) groups excluding carboxylic acids is 2. The first-order valence-electron chi connectivity index (χ1n) is 14.2. The van der Waals surface area contributed by atoms with Crippen LogP contribution in [0.3, 0.4) is 0 Å². The highest BCUT2D eigenvalue weighted by Crippen LogP contribution is 2.31. The summed E-state index contributed by atoms with van der Waals surface area (Å²) in [5.74, 6) is -0.579. The van der Waals surface area contributed by atoms with Crippen LogP contribution < -0.4 is 15.4 Å². The number of amides is 2. The van der Waals surface area contributed by atoms with Gasteiger partial charge in [-0.25, -0.2) is 9.97 Å². The number of aromatic nitrogens is 2. The molecule has 3 N–H and O–H groups in total. The van der Waals surface area contributed by atoms with E-state index in [0.717, 1.165) is 61.6 Å². The Morgan fingerprint density at radius 3 is 2.73 bits per heavy atom. The average molecular weight is 559 g/mol. The van der Waals surface area contributed by atoms with Crippen LogP contribution >= 0.6 is 0 Å².